The highest BCUT2D eigenvalue weighted by molar-refractivity contribution is 8.03. The van der Waals surface area contributed by atoms with E-state index in [1.54, 1.807) is 6.92 Å². The van der Waals surface area contributed by atoms with Crippen LogP contribution in [0.4, 0.5) is 0 Å². The minimum atomic E-state index is -1.15. The number of carboxylic acid groups (broad SMARTS) is 1. The van der Waals surface area contributed by atoms with Crippen molar-refractivity contribution in [2.24, 2.45) is 17.6 Å². The summed E-state index contributed by atoms with van der Waals surface area (Å²) in [5.74, 6) is -2.51. The van der Waals surface area contributed by atoms with Crippen LogP contribution in [0.5, 0.6) is 0 Å². The largest absolute Gasteiger partial charge is 0.477 e. The molecule has 40 heavy (non-hydrogen) atoms. The van der Waals surface area contributed by atoms with E-state index < -0.39 is 17.9 Å². The molecule has 0 aliphatic carbocycles. The Hall–Kier alpha value is -3.08. The molecular formula is C24H36N10O5S. The van der Waals surface area contributed by atoms with Crippen molar-refractivity contribution in [3.63, 3.8) is 0 Å². The molecule has 5 rings (SSSR count). The van der Waals surface area contributed by atoms with Gasteiger partial charge in [0.2, 0.25) is 17.7 Å². The lowest BCUT2D eigenvalue weighted by Gasteiger charge is -2.47. The second kappa shape index (κ2) is 11.8. The second-order valence-corrected chi connectivity index (χ2v) is 12.2. The number of hydrogen-bond acceptors (Lipinski definition) is 11. The number of nitrogens with one attached hydrogen (secondary N) is 3. The van der Waals surface area contributed by atoms with E-state index in [9.17, 15) is 24.3 Å². The molecule has 0 aromatic carbocycles. The first kappa shape index (κ1) is 28.4. The quantitative estimate of drug-likeness (QED) is 0.175. The topological polar surface area (TPSA) is 201 Å². The first-order valence-corrected chi connectivity index (χ1v) is 14.5. The zero-order valence-electron chi connectivity index (χ0n) is 22.5. The maximum atomic E-state index is 13.2. The van der Waals surface area contributed by atoms with Crippen molar-refractivity contribution < 1.29 is 24.3 Å². The van der Waals surface area contributed by atoms with E-state index in [1.165, 1.54) is 27.7 Å². The van der Waals surface area contributed by atoms with Crippen LogP contribution in [0.15, 0.2) is 16.9 Å². The predicted molar refractivity (Wildman–Crippen MR) is 143 cm³/mol. The molecule has 3 fully saturated rings. The number of aromatic nitrogens is 4. The third kappa shape index (κ3) is 5.44. The van der Waals surface area contributed by atoms with Crippen molar-refractivity contribution in [3.05, 3.63) is 16.9 Å². The average Bonchev–Trinajstić information content (AvgIpc) is 3.71. The summed E-state index contributed by atoms with van der Waals surface area (Å²) in [5, 5.41) is 30.2. The molecule has 218 valence electrons. The average molecular weight is 577 g/mol. The van der Waals surface area contributed by atoms with Crippen LogP contribution in [0.1, 0.15) is 26.7 Å². The molecule has 0 radical (unpaired) electrons. The van der Waals surface area contributed by atoms with Crippen molar-refractivity contribution in [2.45, 2.75) is 62.7 Å². The minimum absolute atomic E-state index is 0.00446. The Labute approximate surface area is 235 Å². The normalized spacial score (nSPS) is 30.4. The molecule has 0 spiro atoms. The lowest BCUT2D eigenvalue weighted by molar-refractivity contribution is -0.158. The molecule has 4 aliphatic rings. The van der Waals surface area contributed by atoms with Gasteiger partial charge in [-0.3, -0.25) is 14.4 Å². The van der Waals surface area contributed by atoms with Gasteiger partial charge in [-0.1, -0.05) is 6.92 Å². The summed E-state index contributed by atoms with van der Waals surface area (Å²) in [6.07, 6.45) is 2.80. The van der Waals surface area contributed by atoms with E-state index in [2.05, 4.69) is 31.5 Å². The summed E-state index contributed by atoms with van der Waals surface area (Å²) in [6.45, 7) is 6.80. The summed E-state index contributed by atoms with van der Waals surface area (Å²) in [6, 6.07) is -0.932. The van der Waals surface area contributed by atoms with Gasteiger partial charge in [-0.05, 0) is 30.2 Å². The van der Waals surface area contributed by atoms with Gasteiger partial charge in [0.25, 0.3) is 0 Å². The van der Waals surface area contributed by atoms with Gasteiger partial charge < -0.3 is 36.6 Å². The lowest BCUT2D eigenvalue weighted by atomic mass is 9.78. The minimum Gasteiger partial charge on any atom is -0.477 e. The fourth-order valence-corrected chi connectivity index (χ4v) is 7.76. The number of tetrazole rings is 1. The van der Waals surface area contributed by atoms with Gasteiger partial charge in [-0.15, -0.1) is 16.9 Å². The van der Waals surface area contributed by atoms with Crippen LogP contribution in [-0.2, 0) is 25.7 Å². The Bertz CT molecular complexity index is 1180. The highest BCUT2D eigenvalue weighted by atomic mass is 32.2. The smallest absolute Gasteiger partial charge is 0.353 e. The van der Waals surface area contributed by atoms with Gasteiger partial charge in [0.1, 0.15) is 18.6 Å². The third-order valence-corrected chi connectivity index (χ3v) is 9.69. The van der Waals surface area contributed by atoms with Crippen LogP contribution in [0.2, 0.25) is 0 Å². The molecule has 1 aromatic rings. The summed E-state index contributed by atoms with van der Waals surface area (Å²) in [5.41, 5.74) is 5.59. The summed E-state index contributed by atoms with van der Waals surface area (Å²) in [7, 11) is 0. The molecule has 3 amide bonds. The number of carbonyl (C=O) groups excluding carboxylic acids is 3. The number of carbonyl (C=O) groups is 4. The van der Waals surface area contributed by atoms with Crippen molar-refractivity contribution in [1.82, 2.24) is 46.0 Å². The molecule has 6 N–H and O–H groups in total. The number of fused-ring (bicyclic) bond motifs is 1. The Morgan fingerprint density at radius 2 is 2.15 bits per heavy atom. The van der Waals surface area contributed by atoms with E-state index in [0.29, 0.717) is 37.5 Å². The number of amides is 3. The monoisotopic (exact) mass is 576 g/mol. The van der Waals surface area contributed by atoms with Crippen molar-refractivity contribution in [2.75, 3.05) is 32.7 Å². The molecule has 16 heteroatoms. The van der Waals surface area contributed by atoms with Gasteiger partial charge >= 0.3 is 5.97 Å². The van der Waals surface area contributed by atoms with Gasteiger partial charge in [0.05, 0.1) is 18.0 Å². The molecule has 7 atom stereocenters. The van der Waals surface area contributed by atoms with Crippen LogP contribution < -0.4 is 21.7 Å². The van der Waals surface area contributed by atoms with E-state index in [1.807, 2.05) is 11.8 Å². The van der Waals surface area contributed by atoms with Gasteiger partial charge in [-0.2, -0.15) is 0 Å². The molecule has 0 saturated carbocycles. The molecule has 0 bridgehead atoms. The SMILES string of the molecule is CC(NC(=O)Cn1cnnn1)[C@H]1C(=O)N2C(C(=O)O)=C(S[C@@H]3CN[C@H](C(=O)N4CC[C@@H](NCCN)C4)C3)[C@H](C)[C@H]12. The van der Waals surface area contributed by atoms with Crippen LogP contribution in [0.3, 0.4) is 0 Å². The maximum absolute atomic E-state index is 13.2. The maximum Gasteiger partial charge on any atom is 0.353 e. The van der Waals surface area contributed by atoms with Gasteiger partial charge in [-0.25, -0.2) is 9.48 Å². The number of hydrogen-bond donors (Lipinski definition) is 5. The van der Waals surface area contributed by atoms with Crippen molar-refractivity contribution in [3.8, 4) is 0 Å². The highest BCUT2D eigenvalue weighted by Crippen LogP contribution is 2.51. The Morgan fingerprint density at radius 1 is 1.35 bits per heavy atom. The van der Waals surface area contributed by atoms with Crippen molar-refractivity contribution >= 4 is 35.5 Å². The molecule has 4 aliphatic heterocycles. The third-order valence-electron chi connectivity index (χ3n) is 8.18. The number of aliphatic carboxylic acids is 1. The number of nitrogens with two attached hydrogens (primary N) is 1. The van der Waals surface area contributed by atoms with Gasteiger partial charge in [0.15, 0.2) is 0 Å². The van der Waals surface area contributed by atoms with Crippen molar-refractivity contribution in [1.29, 1.82) is 0 Å². The van der Waals surface area contributed by atoms with Crippen LogP contribution in [0.25, 0.3) is 0 Å². The Kier molecular flexibility index (Phi) is 8.39. The summed E-state index contributed by atoms with van der Waals surface area (Å²) in [4.78, 5) is 55.0. The van der Waals surface area contributed by atoms with E-state index in [-0.39, 0.29) is 59.3 Å². The number of thioether (sulfide) groups is 1. The molecule has 1 unspecified atom stereocenters. The van der Waals surface area contributed by atoms with Crippen LogP contribution in [-0.4, -0.2) is 121 Å². The first-order valence-electron chi connectivity index (χ1n) is 13.6. The highest BCUT2D eigenvalue weighted by Gasteiger charge is 2.60. The van der Waals surface area contributed by atoms with E-state index in [4.69, 9.17) is 5.73 Å². The zero-order chi connectivity index (χ0) is 28.6. The molecule has 15 nitrogen and oxygen atoms in total. The Balaban J connectivity index is 1.19. The number of rotatable bonds is 11. The number of β-lactam (4-membered cyclic amide) rings is 1. The lowest BCUT2D eigenvalue weighted by Crippen LogP contribution is -2.66. The number of likely N-dealkylation sites (tertiary alicyclic amines) is 1. The number of nitrogens with zero attached hydrogens (tertiary/aromatic N) is 6. The molecular weight excluding hydrogens is 540 g/mol. The Morgan fingerprint density at radius 3 is 2.85 bits per heavy atom. The fourth-order valence-electron chi connectivity index (χ4n) is 6.28. The second-order valence-electron chi connectivity index (χ2n) is 10.8. The first-order chi connectivity index (χ1) is 19.2. The summed E-state index contributed by atoms with van der Waals surface area (Å²) >= 11 is 1.45. The standard InChI is InChI=1S/C24H36N10O5S/c1-12-19-18(13(2)29-17(35)10-33-11-28-30-31-33)23(37)34(19)20(24(38)39)21(12)40-15-7-16(27-8-15)22(36)32-6-3-14(9-32)26-5-4-25/h11-16,18-19,26-27H,3-10,25H2,1-2H3,(H,29,35)(H,38,39)/t12-,13?,14-,15+,16+,18-,19-/m1/s1. The zero-order valence-corrected chi connectivity index (χ0v) is 23.3. The predicted octanol–water partition coefficient (Wildman–Crippen LogP) is -2.44. The fraction of sp³-hybridized carbons (Fsp3) is 0.708. The molecule has 1 aromatic heterocycles. The van der Waals surface area contributed by atoms with E-state index in [0.717, 1.165) is 13.0 Å². The molecule has 5 heterocycles. The summed E-state index contributed by atoms with van der Waals surface area (Å²) < 4.78 is 1.28. The van der Waals surface area contributed by atoms with Crippen LogP contribution >= 0.6 is 11.8 Å². The molecule has 3 saturated heterocycles. The number of carboxylic acids is 1. The van der Waals surface area contributed by atoms with Crippen LogP contribution in [0, 0.1) is 11.8 Å². The van der Waals surface area contributed by atoms with E-state index >= 15 is 0 Å². The van der Waals surface area contributed by atoms with Gasteiger partial charge in [0, 0.05) is 60.9 Å².